The number of hydrogen-bond donors (Lipinski definition) is 3. The summed E-state index contributed by atoms with van der Waals surface area (Å²) in [6, 6.07) is 15.6. The van der Waals surface area contributed by atoms with Crippen molar-refractivity contribution in [3.63, 3.8) is 0 Å². The maximum absolute atomic E-state index is 11.3. The molecule has 3 aromatic rings. The van der Waals surface area contributed by atoms with Gasteiger partial charge < -0.3 is 24.8 Å². The van der Waals surface area contributed by atoms with Crippen molar-refractivity contribution < 1.29 is 19.7 Å². The van der Waals surface area contributed by atoms with E-state index in [9.17, 15) is 15.0 Å². The summed E-state index contributed by atoms with van der Waals surface area (Å²) < 4.78 is 7.64. The van der Waals surface area contributed by atoms with Gasteiger partial charge in [-0.1, -0.05) is 36.1 Å². The molecule has 1 fully saturated rings. The fourth-order valence-electron chi connectivity index (χ4n) is 3.97. The van der Waals surface area contributed by atoms with E-state index in [-0.39, 0.29) is 24.5 Å². The van der Waals surface area contributed by atoms with Crippen molar-refractivity contribution in [3.8, 4) is 28.7 Å². The normalized spacial score (nSPS) is 16.9. The highest BCUT2D eigenvalue weighted by atomic mass is 16.5. The van der Waals surface area contributed by atoms with Crippen LogP contribution in [0.4, 0.5) is 0 Å². The Bertz CT molecular complexity index is 1160. The number of carbonyl (C=O) groups is 1. The van der Waals surface area contributed by atoms with Gasteiger partial charge >= 0.3 is 0 Å². The third-order valence-electron chi connectivity index (χ3n) is 5.81. The van der Waals surface area contributed by atoms with Crippen LogP contribution in [-0.4, -0.2) is 45.4 Å². The molecule has 1 aliphatic rings. The van der Waals surface area contributed by atoms with E-state index in [2.05, 4.69) is 22.1 Å². The minimum Gasteiger partial charge on any atom is -0.493 e. The lowest BCUT2D eigenvalue weighted by Crippen LogP contribution is -2.16. The van der Waals surface area contributed by atoms with E-state index >= 15 is 0 Å². The number of aromatic nitrogens is 2. The Kier molecular flexibility index (Phi) is 7.63. The quantitative estimate of drug-likeness (QED) is 0.450. The molecule has 7 heteroatoms. The Morgan fingerprint density at radius 3 is 2.50 bits per heavy atom. The van der Waals surface area contributed by atoms with E-state index in [4.69, 9.17) is 4.74 Å². The van der Waals surface area contributed by atoms with Gasteiger partial charge in [0.2, 0.25) is 5.91 Å². The van der Waals surface area contributed by atoms with Crippen molar-refractivity contribution in [1.82, 2.24) is 14.9 Å². The number of aliphatic hydroxyl groups excluding tert-OH is 2. The molecular formula is C27H29N3O4. The van der Waals surface area contributed by atoms with E-state index < -0.39 is 6.10 Å². The second kappa shape index (κ2) is 11.0. The Morgan fingerprint density at radius 1 is 1.18 bits per heavy atom. The van der Waals surface area contributed by atoms with Crippen LogP contribution in [-0.2, 0) is 4.79 Å². The summed E-state index contributed by atoms with van der Waals surface area (Å²) in [5.41, 5.74) is 3.01. The molecule has 7 nitrogen and oxygen atoms in total. The third-order valence-corrected chi connectivity index (χ3v) is 5.81. The highest BCUT2D eigenvalue weighted by molar-refractivity contribution is 5.78. The van der Waals surface area contributed by atoms with Gasteiger partial charge in [-0.3, -0.25) is 4.79 Å². The summed E-state index contributed by atoms with van der Waals surface area (Å²) in [6.07, 6.45) is 3.67. The highest BCUT2D eigenvalue weighted by Gasteiger charge is 2.21. The molecule has 0 spiro atoms. The number of benzene rings is 2. The third kappa shape index (κ3) is 5.84. The molecular weight excluding hydrogens is 430 g/mol. The van der Waals surface area contributed by atoms with Crippen LogP contribution in [0, 0.1) is 17.8 Å². The predicted molar refractivity (Wildman–Crippen MR) is 129 cm³/mol. The number of ether oxygens (including phenoxy) is 1. The number of imidazole rings is 1. The lowest BCUT2D eigenvalue weighted by Gasteiger charge is -2.15. The fourth-order valence-corrected chi connectivity index (χ4v) is 3.97. The SMILES string of the molecule is C[C@H](O)c1nccn1[C@@H](C#Cc1ccc(-c2ccc(OC[C@@H]3CNC(=O)C3)cc2)cc1)CCO. The molecule has 3 N–H and O–H groups in total. The van der Waals surface area contributed by atoms with E-state index in [1.807, 2.05) is 53.1 Å². The van der Waals surface area contributed by atoms with Crippen LogP contribution in [0.2, 0.25) is 0 Å². The van der Waals surface area contributed by atoms with Gasteiger partial charge in [0.05, 0.1) is 12.6 Å². The number of amides is 1. The van der Waals surface area contributed by atoms with Crippen LogP contribution >= 0.6 is 0 Å². The molecule has 2 heterocycles. The first-order valence-electron chi connectivity index (χ1n) is 11.5. The molecule has 0 saturated carbocycles. The van der Waals surface area contributed by atoms with Crippen LogP contribution in [0.25, 0.3) is 11.1 Å². The van der Waals surface area contributed by atoms with Gasteiger partial charge in [0.1, 0.15) is 17.7 Å². The Labute approximate surface area is 199 Å². The lowest BCUT2D eigenvalue weighted by molar-refractivity contribution is -0.119. The number of hydrogen-bond acceptors (Lipinski definition) is 5. The van der Waals surface area contributed by atoms with E-state index in [1.54, 1.807) is 19.3 Å². The van der Waals surface area contributed by atoms with Crippen molar-refractivity contribution in [3.05, 3.63) is 72.3 Å². The van der Waals surface area contributed by atoms with Crippen LogP contribution in [0.5, 0.6) is 5.75 Å². The maximum Gasteiger partial charge on any atom is 0.220 e. The fraction of sp³-hybridized carbons (Fsp3) is 0.333. The van der Waals surface area contributed by atoms with Crippen molar-refractivity contribution in [1.29, 1.82) is 0 Å². The number of rotatable bonds is 8. The average Bonchev–Trinajstić information content (AvgIpc) is 3.50. The van der Waals surface area contributed by atoms with E-state index in [1.165, 1.54) is 0 Å². The van der Waals surface area contributed by atoms with Gasteiger partial charge in [0.25, 0.3) is 0 Å². The maximum atomic E-state index is 11.3. The number of aliphatic hydroxyl groups is 2. The van der Waals surface area contributed by atoms with Crippen molar-refractivity contribution in [2.24, 2.45) is 5.92 Å². The zero-order chi connectivity index (χ0) is 23.9. The van der Waals surface area contributed by atoms with E-state index in [0.29, 0.717) is 31.8 Å². The highest BCUT2D eigenvalue weighted by Crippen LogP contribution is 2.24. The minimum absolute atomic E-state index is 0.00884. The predicted octanol–water partition coefficient (Wildman–Crippen LogP) is 3.09. The second-order valence-corrected chi connectivity index (χ2v) is 8.45. The zero-order valence-electron chi connectivity index (χ0n) is 19.1. The molecule has 3 atom stereocenters. The largest absolute Gasteiger partial charge is 0.493 e. The minimum atomic E-state index is -0.710. The van der Waals surface area contributed by atoms with Gasteiger partial charge in [-0.2, -0.15) is 0 Å². The van der Waals surface area contributed by atoms with E-state index in [0.717, 1.165) is 22.4 Å². The molecule has 176 valence electrons. The summed E-state index contributed by atoms with van der Waals surface area (Å²) >= 11 is 0. The van der Waals surface area contributed by atoms with Gasteiger partial charge in [-0.05, 0) is 42.3 Å². The number of carbonyl (C=O) groups excluding carboxylic acids is 1. The summed E-state index contributed by atoms with van der Waals surface area (Å²) in [5, 5.41) is 22.2. The average molecular weight is 460 g/mol. The molecule has 0 aliphatic carbocycles. The molecule has 34 heavy (non-hydrogen) atoms. The van der Waals surface area contributed by atoms with Crippen molar-refractivity contribution >= 4 is 5.91 Å². The van der Waals surface area contributed by atoms with Gasteiger partial charge in [-0.15, -0.1) is 0 Å². The van der Waals surface area contributed by atoms with Crippen molar-refractivity contribution in [2.45, 2.75) is 31.9 Å². The van der Waals surface area contributed by atoms with Crippen LogP contribution in [0.1, 0.15) is 43.3 Å². The Hall–Kier alpha value is -3.60. The number of nitrogens with zero attached hydrogens (tertiary/aromatic N) is 2. The molecule has 1 aliphatic heterocycles. The molecule has 1 amide bonds. The molecule has 1 aromatic heterocycles. The topological polar surface area (TPSA) is 96.6 Å². The smallest absolute Gasteiger partial charge is 0.220 e. The first kappa shape index (κ1) is 23.6. The summed E-state index contributed by atoms with van der Waals surface area (Å²) in [4.78, 5) is 15.5. The number of nitrogens with one attached hydrogen (secondary N) is 1. The van der Waals surface area contributed by atoms with Crippen LogP contribution in [0.3, 0.4) is 0 Å². The van der Waals surface area contributed by atoms with Gasteiger partial charge in [0.15, 0.2) is 0 Å². The molecule has 0 unspecified atom stereocenters. The summed E-state index contributed by atoms with van der Waals surface area (Å²) in [7, 11) is 0. The Morgan fingerprint density at radius 2 is 1.88 bits per heavy atom. The van der Waals surface area contributed by atoms with Crippen molar-refractivity contribution in [2.75, 3.05) is 19.8 Å². The summed E-state index contributed by atoms with van der Waals surface area (Å²) in [5.74, 6) is 8.02. The molecule has 4 rings (SSSR count). The Balaban J connectivity index is 1.40. The monoisotopic (exact) mass is 459 g/mol. The standard InChI is InChI=1S/C27H29N3O4/c1-19(32)27-28-13-14-30(27)24(12-15-31)9-4-20-2-5-22(6-3-20)23-7-10-25(11-8-23)34-18-21-16-26(33)29-17-21/h2-3,5-8,10-11,13-14,19,21,24,31-32H,12,15-18H2,1H3,(H,29,33)/t19-,21-,24-/m0/s1. The molecule has 2 aromatic carbocycles. The van der Waals surface area contributed by atoms with Gasteiger partial charge in [0, 0.05) is 49.9 Å². The lowest BCUT2D eigenvalue weighted by atomic mass is 10.0. The first-order valence-corrected chi connectivity index (χ1v) is 11.5. The second-order valence-electron chi connectivity index (χ2n) is 8.45. The van der Waals surface area contributed by atoms with Crippen LogP contribution < -0.4 is 10.1 Å². The van der Waals surface area contributed by atoms with Gasteiger partial charge in [-0.25, -0.2) is 4.98 Å². The zero-order valence-corrected chi connectivity index (χ0v) is 19.1. The molecule has 0 bridgehead atoms. The first-order chi connectivity index (χ1) is 16.5. The summed E-state index contributed by atoms with van der Waals surface area (Å²) in [6.45, 7) is 2.86. The molecule has 1 saturated heterocycles. The molecule has 0 radical (unpaired) electrons. The van der Waals surface area contributed by atoms with Crippen LogP contribution in [0.15, 0.2) is 60.9 Å².